The summed E-state index contributed by atoms with van der Waals surface area (Å²) in [5.74, 6) is 2.43. The Labute approximate surface area is 90.8 Å². The van der Waals surface area contributed by atoms with Gasteiger partial charge in [-0.05, 0) is 37.3 Å². The first-order valence-electron chi connectivity index (χ1n) is 5.82. The van der Waals surface area contributed by atoms with Crippen LogP contribution in [0.4, 0.5) is 0 Å². The van der Waals surface area contributed by atoms with Crippen molar-refractivity contribution in [2.24, 2.45) is 11.8 Å². The number of rotatable bonds is 2. The molecule has 4 rings (SSSR count). The summed E-state index contributed by atoms with van der Waals surface area (Å²) in [5, 5.41) is 0. The Kier molecular flexibility index (Phi) is 2.24. The molecule has 0 N–H and O–H groups in total. The molecule has 0 unspecified atom stereocenters. The molecule has 1 saturated carbocycles. The highest BCUT2D eigenvalue weighted by atomic mass is 16.5. The molecule has 0 radical (unpaired) electrons. The fourth-order valence-corrected chi connectivity index (χ4v) is 2.69. The SMILES string of the molecule is C1=C[C@H]2CC[C@@H]1C[C@H]2Oc1ccccc1. The quantitative estimate of drug-likeness (QED) is 0.665. The fourth-order valence-electron chi connectivity index (χ4n) is 2.69. The van der Waals surface area contributed by atoms with Crippen LogP contribution < -0.4 is 4.74 Å². The van der Waals surface area contributed by atoms with Gasteiger partial charge < -0.3 is 4.74 Å². The van der Waals surface area contributed by atoms with Crippen LogP contribution in [0.1, 0.15) is 19.3 Å². The lowest BCUT2D eigenvalue weighted by Crippen LogP contribution is -2.35. The smallest absolute Gasteiger partial charge is 0.119 e. The lowest BCUT2D eigenvalue weighted by atomic mass is 9.74. The van der Waals surface area contributed by atoms with Crippen LogP contribution in [-0.4, -0.2) is 6.10 Å². The van der Waals surface area contributed by atoms with Crippen molar-refractivity contribution in [3.05, 3.63) is 42.5 Å². The third-order valence-corrected chi connectivity index (χ3v) is 3.54. The summed E-state index contributed by atoms with van der Waals surface area (Å²) in [6.45, 7) is 0. The monoisotopic (exact) mass is 200 g/mol. The molecule has 2 bridgehead atoms. The van der Waals surface area contributed by atoms with Crippen LogP contribution in [-0.2, 0) is 0 Å². The lowest BCUT2D eigenvalue weighted by Gasteiger charge is -2.37. The molecule has 0 aliphatic heterocycles. The average Bonchev–Trinajstić information content (AvgIpc) is 2.32. The van der Waals surface area contributed by atoms with Crippen LogP contribution in [0.3, 0.4) is 0 Å². The zero-order valence-corrected chi connectivity index (χ0v) is 8.80. The Hall–Kier alpha value is -1.24. The predicted molar refractivity (Wildman–Crippen MR) is 60.8 cm³/mol. The zero-order valence-electron chi connectivity index (χ0n) is 8.80. The number of ether oxygens (including phenoxy) is 1. The number of hydrogen-bond donors (Lipinski definition) is 0. The van der Waals surface area contributed by atoms with Crippen molar-refractivity contribution in [1.29, 1.82) is 0 Å². The first-order chi connectivity index (χ1) is 7.42. The maximum atomic E-state index is 6.04. The molecule has 3 atom stereocenters. The summed E-state index contributed by atoms with van der Waals surface area (Å²) in [6, 6.07) is 10.2. The van der Waals surface area contributed by atoms with Gasteiger partial charge in [0.1, 0.15) is 11.9 Å². The Morgan fingerprint density at radius 3 is 2.47 bits per heavy atom. The van der Waals surface area contributed by atoms with Gasteiger partial charge in [0, 0.05) is 5.92 Å². The molecule has 0 saturated heterocycles. The molecule has 1 nitrogen and oxygen atoms in total. The molecule has 15 heavy (non-hydrogen) atoms. The summed E-state index contributed by atoms with van der Waals surface area (Å²) in [4.78, 5) is 0. The molecule has 78 valence electrons. The zero-order chi connectivity index (χ0) is 10.1. The van der Waals surface area contributed by atoms with Gasteiger partial charge in [-0.1, -0.05) is 30.4 Å². The first-order valence-corrected chi connectivity index (χ1v) is 5.82. The van der Waals surface area contributed by atoms with E-state index in [2.05, 4.69) is 12.2 Å². The van der Waals surface area contributed by atoms with Gasteiger partial charge in [0.15, 0.2) is 0 Å². The molecule has 0 aromatic heterocycles. The van der Waals surface area contributed by atoms with Gasteiger partial charge in [0.05, 0.1) is 0 Å². The van der Waals surface area contributed by atoms with Gasteiger partial charge in [-0.2, -0.15) is 0 Å². The lowest BCUT2D eigenvalue weighted by molar-refractivity contribution is 0.0886. The van der Waals surface area contributed by atoms with Crippen LogP contribution in [0.5, 0.6) is 5.75 Å². The minimum Gasteiger partial charge on any atom is -0.490 e. The van der Waals surface area contributed by atoms with Crippen LogP contribution in [0.25, 0.3) is 0 Å². The third-order valence-electron chi connectivity index (χ3n) is 3.54. The Bertz CT molecular complexity index is 355. The van der Waals surface area contributed by atoms with Crippen molar-refractivity contribution in [2.75, 3.05) is 0 Å². The van der Waals surface area contributed by atoms with E-state index in [0.717, 1.165) is 11.7 Å². The molecular formula is C14H16O. The molecule has 1 heteroatoms. The largest absolute Gasteiger partial charge is 0.490 e. The van der Waals surface area contributed by atoms with Crippen LogP contribution in [0.2, 0.25) is 0 Å². The number of allylic oxidation sites excluding steroid dienone is 1. The number of para-hydroxylation sites is 1. The van der Waals surface area contributed by atoms with E-state index in [4.69, 9.17) is 4.74 Å². The minimum absolute atomic E-state index is 0.413. The molecule has 3 aliphatic carbocycles. The topological polar surface area (TPSA) is 9.23 Å². The average molecular weight is 200 g/mol. The molecule has 3 aliphatic rings. The summed E-state index contributed by atoms with van der Waals surface area (Å²) in [6.07, 6.45) is 9.01. The highest BCUT2D eigenvalue weighted by molar-refractivity contribution is 5.22. The van der Waals surface area contributed by atoms with Crippen LogP contribution in [0, 0.1) is 11.8 Å². The second kappa shape index (κ2) is 3.73. The van der Waals surface area contributed by atoms with Gasteiger partial charge in [0.25, 0.3) is 0 Å². The Balaban J connectivity index is 1.72. The summed E-state index contributed by atoms with van der Waals surface area (Å²) in [5.41, 5.74) is 0. The maximum absolute atomic E-state index is 6.04. The molecule has 1 aromatic carbocycles. The minimum atomic E-state index is 0.413. The van der Waals surface area contributed by atoms with E-state index in [9.17, 15) is 0 Å². The summed E-state index contributed by atoms with van der Waals surface area (Å²) < 4.78 is 6.04. The van der Waals surface area contributed by atoms with E-state index in [1.54, 1.807) is 0 Å². The molecule has 1 fully saturated rings. The number of fused-ring (bicyclic) bond motifs is 2. The summed E-state index contributed by atoms with van der Waals surface area (Å²) in [7, 11) is 0. The van der Waals surface area contributed by atoms with E-state index >= 15 is 0 Å². The molecular weight excluding hydrogens is 184 g/mol. The number of benzene rings is 1. The van der Waals surface area contributed by atoms with Crippen molar-refractivity contribution in [1.82, 2.24) is 0 Å². The van der Waals surface area contributed by atoms with E-state index < -0.39 is 0 Å². The second-order valence-electron chi connectivity index (χ2n) is 4.59. The van der Waals surface area contributed by atoms with E-state index in [1.807, 2.05) is 30.3 Å². The van der Waals surface area contributed by atoms with Crippen molar-refractivity contribution >= 4 is 0 Å². The van der Waals surface area contributed by atoms with Crippen LogP contribution >= 0.6 is 0 Å². The Morgan fingerprint density at radius 1 is 1.00 bits per heavy atom. The fraction of sp³-hybridized carbons (Fsp3) is 0.429. The van der Waals surface area contributed by atoms with E-state index in [1.165, 1.54) is 19.3 Å². The van der Waals surface area contributed by atoms with Crippen molar-refractivity contribution < 1.29 is 4.74 Å². The highest BCUT2D eigenvalue weighted by Gasteiger charge is 2.33. The second-order valence-corrected chi connectivity index (χ2v) is 4.59. The Morgan fingerprint density at radius 2 is 1.87 bits per heavy atom. The van der Waals surface area contributed by atoms with Crippen molar-refractivity contribution in [2.45, 2.75) is 25.4 Å². The molecule has 0 spiro atoms. The summed E-state index contributed by atoms with van der Waals surface area (Å²) >= 11 is 0. The van der Waals surface area contributed by atoms with Crippen LogP contribution in [0.15, 0.2) is 42.5 Å². The van der Waals surface area contributed by atoms with Gasteiger partial charge in [-0.3, -0.25) is 0 Å². The number of hydrogen-bond acceptors (Lipinski definition) is 1. The van der Waals surface area contributed by atoms with Gasteiger partial charge in [-0.25, -0.2) is 0 Å². The van der Waals surface area contributed by atoms with Gasteiger partial charge >= 0.3 is 0 Å². The standard InChI is InChI=1S/C14H16O/c1-2-4-13(5-3-1)15-14-10-11-6-8-12(14)9-7-11/h1-6,8,11-12,14H,7,9-10H2/t11-,12+,14-/m1/s1. The highest BCUT2D eigenvalue weighted by Crippen LogP contribution is 2.38. The van der Waals surface area contributed by atoms with Crippen molar-refractivity contribution in [3.8, 4) is 5.75 Å². The molecule has 0 amide bonds. The third kappa shape index (κ3) is 1.79. The van der Waals surface area contributed by atoms with Gasteiger partial charge in [0.2, 0.25) is 0 Å². The van der Waals surface area contributed by atoms with E-state index in [-0.39, 0.29) is 0 Å². The normalized spacial score (nSPS) is 32.9. The predicted octanol–water partition coefficient (Wildman–Crippen LogP) is 3.42. The maximum Gasteiger partial charge on any atom is 0.119 e. The first kappa shape index (κ1) is 9.02. The molecule has 0 heterocycles. The molecule has 1 aromatic rings. The van der Waals surface area contributed by atoms with Crippen molar-refractivity contribution in [3.63, 3.8) is 0 Å². The van der Waals surface area contributed by atoms with Gasteiger partial charge in [-0.15, -0.1) is 0 Å². The van der Waals surface area contributed by atoms with E-state index in [0.29, 0.717) is 12.0 Å².